The largest absolute Gasteiger partial charge is 0.285 e. The quantitative estimate of drug-likeness (QED) is 0.659. The summed E-state index contributed by atoms with van der Waals surface area (Å²) in [4.78, 5) is 28.9. The molecular weight excluding hydrogens is 366 g/mol. The molecule has 120 valence electrons. The summed E-state index contributed by atoms with van der Waals surface area (Å²) in [5.41, 5.74) is 3.54. The number of thiocarbonyl (C=S) groups is 1. The average molecular weight is 376 g/mol. The van der Waals surface area contributed by atoms with Crippen molar-refractivity contribution in [1.29, 1.82) is 0 Å². The highest BCUT2D eigenvalue weighted by molar-refractivity contribution is 8.26. The molecule has 1 aromatic carbocycles. The first-order valence-electron chi connectivity index (χ1n) is 6.80. The molecule has 1 aromatic heterocycles. The first kappa shape index (κ1) is 16.6. The number of carbonyl (C=O) groups is 2. The monoisotopic (exact) mass is 375 g/mol. The normalized spacial score (nSPS) is 15.9. The number of aromatic nitrogens is 1. The molecule has 0 unspecified atom stereocenters. The molecule has 5 nitrogen and oxygen atoms in total. The Morgan fingerprint density at radius 3 is 2.79 bits per heavy atom. The van der Waals surface area contributed by atoms with Crippen molar-refractivity contribution in [3.8, 4) is 0 Å². The van der Waals surface area contributed by atoms with E-state index in [0.717, 1.165) is 16.8 Å². The van der Waals surface area contributed by atoms with E-state index in [4.69, 9.17) is 23.8 Å². The molecule has 2 amide bonds. The maximum absolute atomic E-state index is 12.5. The van der Waals surface area contributed by atoms with Crippen LogP contribution in [0.2, 0.25) is 5.02 Å². The second-order valence-electron chi connectivity index (χ2n) is 4.72. The van der Waals surface area contributed by atoms with Crippen molar-refractivity contribution in [3.63, 3.8) is 0 Å². The van der Waals surface area contributed by atoms with E-state index in [1.165, 1.54) is 6.20 Å². The minimum Gasteiger partial charge on any atom is -0.267 e. The number of thioether (sulfide) groups is 1. The topological polar surface area (TPSA) is 62.3 Å². The average Bonchev–Trinajstić information content (AvgIpc) is 2.85. The van der Waals surface area contributed by atoms with Gasteiger partial charge < -0.3 is 0 Å². The predicted octanol–water partition coefficient (Wildman–Crippen LogP) is 3.28. The highest BCUT2D eigenvalue weighted by atomic mass is 35.5. The van der Waals surface area contributed by atoms with E-state index in [1.807, 2.05) is 6.07 Å². The number of hydrogen-bond donors (Lipinski definition) is 1. The Kier molecular flexibility index (Phi) is 4.94. The van der Waals surface area contributed by atoms with E-state index in [-0.39, 0.29) is 4.32 Å². The van der Waals surface area contributed by atoms with Crippen LogP contribution in [-0.4, -0.2) is 26.1 Å². The Hall–Kier alpha value is -2.22. The zero-order valence-electron chi connectivity index (χ0n) is 12.1. The van der Waals surface area contributed by atoms with Gasteiger partial charge in [0, 0.05) is 17.4 Å². The van der Waals surface area contributed by atoms with Gasteiger partial charge in [0.1, 0.15) is 0 Å². The van der Waals surface area contributed by atoms with E-state index in [2.05, 4.69) is 10.4 Å². The first-order chi connectivity index (χ1) is 11.6. The lowest BCUT2D eigenvalue weighted by molar-refractivity contribution is -0.123. The zero-order valence-corrected chi connectivity index (χ0v) is 14.5. The van der Waals surface area contributed by atoms with E-state index < -0.39 is 11.8 Å². The fourth-order valence-electron chi connectivity index (χ4n) is 1.96. The van der Waals surface area contributed by atoms with Crippen LogP contribution in [0.3, 0.4) is 0 Å². The van der Waals surface area contributed by atoms with Crippen molar-refractivity contribution in [1.82, 2.24) is 15.4 Å². The third-order valence-corrected chi connectivity index (χ3v) is 4.77. The summed E-state index contributed by atoms with van der Waals surface area (Å²) in [5.74, 6) is -0.861. The van der Waals surface area contributed by atoms with Crippen molar-refractivity contribution in [2.24, 2.45) is 0 Å². The van der Waals surface area contributed by atoms with Gasteiger partial charge in [-0.15, -0.1) is 0 Å². The van der Waals surface area contributed by atoms with E-state index >= 15 is 0 Å². The van der Waals surface area contributed by atoms with Gasteiger partial charge in [0.2, 0.25) is 0 Å². The van der Waals surface area contributed by atoms with E-state index in [1.54, 1.807) is 42.6 Å². The van der Waals surface area contributed by atoms with Crippen LogP contribution < -0.4 is 5.43 Å². The molecular formula is C16H10ClN3O2S2. The van der Waals surface area contributed by atoms with Crippen molar-refractivity contribution in [3.05, 3.63) is 69.8 Å². The lowest BCUT2D eigenvalue weighted by Gasteiger charge is -2.15. The fourth-order valence-corrected chi connectivity index (χ4v) is 3.32. The van der Waals surface area contributed by atoms with E-state index in [9.17, 15) is 9.59 Å². The standard InChI is InChI=1S/C16H10ClN3O2S2/c17-12-6-2-1-4-10(12)8-13-15(22)20(16(23)24-13)19-14(21)11-5-3-7-18-9-11/h1-9H,(H,19,21). The molecule has 0 radical (unpaired) electrons. The number of benzene rings is 1. The SMILES string of the molecule is O=C(NN1C(=O)C(=Cc2ccccc2Cl)SC1=S)c1cccnc1. The summed E-state index contributed by atoms with van der Waals surface area (Å²) in [5, 5.41) is 1.58. The van der Waals surface area contributed by atoms with Crippen LogP contribution in [0.4, 0.5) is 0 Å². The molecule has 0 saturated carbocycles. The molecule has 2 aromatic rings. The zero-order chi connectivity index (χ0) is 17.1. The van der Waals surface area contributed by atoms with Gasteiger partial charge in [0.05, 0.1) is 10.5 Å². The molecule has 1 fully saturated rings. The Morgan fingerprint density at radius 2 is 2.08 bits per heavy atom. The van der Waals surface area contributed by atoms with Crippen LogP contribution in [-0.2, 0) is 4.79 Å². The smallest absolute Gasteiger partial charge is 0.267 e. The van der Waals surface area contributed by atoms with Gasteiger partial charge in [-0.1, -0.05) is 41.6 Å². The number of nitrogens with one attached hydrogen (secondary N) is 1. The molecule has 0 spiro atoms. The number of carbonyl (C=O) groups excluding carboxylic acids is 2. The molecule has 24 heavy (non-hydrogen) atoms. The molecule has 2 heterocycles. The molecule has 0 atom stereocenters. The molecule has 8 heteroatoms. The lowest BCUT2D eigenvalue weighted by atomic mass is 10.2. The van der Waals surface area contributed by atoms with Gasteiger partial charge in [0.15, 0.2) is 4.32 Å². The Bertz CT molecular complexity index is 855. The first-order valence-corrected chi connectivity index (χ1v) is 8.40. The third kappa shape index (κ3) is 3.48. The van der Waals surface area contributed by atoms with Crippen molar-refractivity contribution >= 4 is 57.8 Å². The van der Waals surface area contributed by atoms with Gasteiger partial charge >= 0.3 is 0 Å². The maximum Gasteiger partial charge on any atom is 0.285 e. The van der Waals surface area contributed by atoms with Crippen LogP contribution in [0.15, 0.2) is 53.7 Å². The third-order valence-electron chi connectivity index (χ3n) is 3.12. The summed E-state index contributed by atoms with van der Waals surface area (Å²) in [6.07, 6.45) is 4.62. The maximum atomic E-state index is 12.5. The number of nitrogens with zero attached hydrogens (tertiary/aromatic N) is 2. The van der Waals surface area contributed by atoms with Gasteiger partial charge in [-0.2, -0.15) is 5.01 Å². The second-order valence-corrected chi connectivity index (χ2v) is 6.80. The van der Waals surface area contributed by atoms with Crippen LogP contribution in [0.25, 0.3) is 6.08 Å². The summed E-state index contributed by atoms with van der Waals surface area (Å²) >= 11 is 12.4. The van der Waals surface area contributed by atoms with Crippen LogP contribution in [0.1, 0.15) is 15.9 Å². The number of hydrazine groups is 1. The van der Waals surface area contributed by atoms with Gasteiger partial charge in [-0.25, -0.2) is 0 Å². The fraction of sp³-hybridized carbons (Fsp3) is 0. The Labute approximate surface area is 152 Å². The highest BCUT2D eigenvalue weighted by Crippen LogP contribution is 2.32. The van der Waals surface area contributed by atoms with Crippen LogP contribution in [0.5, 0.6) is 0 Å². The summed E-state index contributed by atoms with van der Waals surface area (Å²) in [6, 6.07) is 10.4. The van der Waals surface area contributed by atoms with Gasteiger partial charge in [-0.05, 0) is 42.1 Å². The predicted molar refractivity (Wildman–Crippen MR) is 98.2 cm³/mol. The molecule has 0 aliphatic carbocycles. The molecule has 1 aliphatic rings. The molecule has 1 aliphatic heterocycles. The number of amides is 2. The summed E-state index contributed by atoms with van der Waals surface area (Å²) in [7, 11) is 0. The minimum atomic E-state index is -0.460. The Balaban J connectivity index is 1.80. The van der Waals surface area contributed by atoms with Crippen molar-refractivity contribution in [2.45, 2.75) is 0 Å². The Morgan fingerprint density at radius 1 is 1.29 bits per heavy atom. The highest BCUT2D eigenvalue weighted by Gasteiger charge is 2.33. The van der Waals surface area contributed by atoms with Crippen molar-refractivity contribution in [2.75, 3.05) is 0 Å². The number of hydrogen-bond acceptors (Lipinski definition) is 5. The molecule has 3 rings (SSSR count). The molecule has 1 saturated heterocycles. The second kappa shape index (κ2) is 7.12. The van der Waals surface area contributed by atoms with Gasteiger partial charge in [0.25, 0.3) is 11.8 Å². The number of halogens is 1. The van der Waals surface area contributed by atoms with Crippen molar-refractivity contribution < 1.29 is 9.59 Å². The minimum absolute atomic E-state index is 0.246. The number of pyridine rings is 1. The van der Waals surface area contributed by atoms with E-state index in [0.29, 0.717) is 21.1 Å². The lowest BCUT2D eigenvalue weighted by Crippen LogP contribution is -2.44. The summed E-state index contributed by atoms with van der Waals surface area (Å²) < 4.78 is 0.246. The molecule has 1 N–H and O–H groups in total. The summed E-state index contributed by atoms with van der Waals surface area (Å²) in [6.45, 7) is 0. The number of rotatable bonds is 3. The molecule has 0 bridgehead atoms. The van der Waals surface area contributed by atoms with Crippen LogP contribution in [0, 0.1) is 0 Å². The van der Waals surface area contributed by atoms with Gasteiger partial charge in [-0.3, -0.25) is 20.0 Å². The van der Waals surface area contributed by atoms with Crippen LogP contribution >= 0.6 is 35.6 Å².